The summed E-state index contributed by atoms with van der Waals surface area (Å²) in [5, 5.41) is 17.8. The Labute approximate surface area is 95.3 Å². The third-order valence-corrected chi connectivity index (χ3v) is 2.84. The van der Waals surface area contributed by atoms with E-state index in [-0.39, 0.29) is 13.0 Å². The Morgan fingerprint density at radius 3 is 3.00 bits per heavy atom. The summed E-state index contributed by atoms with van der Waals surface area (Å²) in [5.41, 5.74) is 2.76. The maximum atomic E-state index is 9.36. The number of aryl methyl sites for hydroxylation is 2. The maximum absolute atomic E-state index is 9.36. The highest BCUT2D eigenvalue weighted by Gasteiger charge is 2.11. The van der Waals surface area contributed by atoms with Crippen molar-refractivity contribution in [2.45, 2.75) is 31.8 Å². The van der Waals surface area contributed by atoms with Crippen molar-refractivity contribution in [3.05, 3.63) is 29.3 Å². The number of aliphatic hydroxyl groups is 1. The Hall–Kier alpha value is -1.53. The van der Waals surface area contributed by atoms with E-state index in [2.05, 4.69) is 6.07 Å². The summed E-state index contributed by atoms with van der Waals surface area (Å²) in [6, 6.07) is 7.98. The molecule has 1 N–H and O–H groups in total. The van der Waals surface area contributed by atoms with Gasteiger partial charge in [0.05, 0.1) is 12.5 Å². The molecule has 84 valence electrons. The molecule has 1 atom stereocenters. The number of nitrogens with zero attached hydrogens (tertiary/aromatic N) is 1. The molecule has 1 aromatic rings. The molecule has 16 heavy (non-hydrogen) atoms. The number of fused-ring (bicyclic) bond motifs is 1. The molecule has 0 spiro atoms. The molecular formula is C13H15NO2. The largest absolute Gasteiger partial charge is 0.491 e. The molecule has 0 aromatic heterocycles. The predicted octanol–water partition coefficient (Wildman–Crippen LogP) is 1.83. The van der Waals surface area contributed by atoms with Gasteiger partial charge in [0, 0.05) is 0 Å². The predicted molar refractivity (Wildman–Crippen MR) is 60.2 cm³/mol. The van der Waals surface area contributed by atoms with E-state index in [1.165, 1.54) is 17.5 Å². The first kappa shape index (κ1) is 11.0. The number of hydrogen-bond acceptors (Lipinski definition) is 3. The third-order valence-electron chi connectivity index (χ3n) is 2.84. The van der Waals surface area contributed by atoms with Crippen molar-refractivity contribution >= 4 is 0 Å². The first-order valence-corrected chi connectivity index (χ1v) is 5.59. The molecule has 0 radical (unpaired) electrons. The van der Waals surface area contributed by atoms with Crippen LogP contribution in [-0.4, -0.2) is 17.8 Å². The van der Waals surface area contributed by atoms with E-state index in [1.807, 2.05) is 18.2 Å². The minimum absolute atomic E-state index is 0.116. The molecule has 1 aliphatic rings. The van der Waals surface area contributed by atoms with E-state index < -0.39 is 6.10 Å². The standard InChI is InChI=1S/C13H15NO2/c14-7-6-12(15)9-16-13-5-4-10-2-1-3-11(10)8-13/h4-5,8,12,15H,1-3,6,9H2. The minimum Gasteiger partial charge on any atom is -0.491 e. The highest BCUT2D eigenvalue weighted by molar-refractivity contribution is 5.38. The molecule has 3 nitrogen and oxygen atoms in total. The van der Waals surface area contributed by atoms with Crippen LogP contribution in [-0.2, 0) is 12.8 Å². The Morgan fingerprint density at radius 1 is 1.38 bits per heavy atom. The van der Waals surface area contributed by atoms with Gasteiger partial charge in [-0.3, -0.25) is 0 Å². The van der Waals surface area contributed by atoms with Crippen molar-refractivity contribution < 1.29 is 9.84 Å². The number of hydrogen-bond donors (Lipinski definition) is 1. The van der Waals surface area contributed by atoms with E-state index in [0.29, 0.717) is 0 Å². The molecule has 0 saturated carbocycles. The molecule has 0 amide bonds. The molecule has 1 unspecified atom stereocenters. The zero-order valence-corrected chi connectivity index (χ0v) is 9.15. The van der Waals surface area contributed by atoms with Crippen LogP contribution in [0.25, 0.3) is 0 Å². The van der Waals surface area contributed by atoms with E-state index >= 15 is 0 Å². The van der Waals surface area contributed by atoms with Crippen LogP contribution in [0.4, 0.5) is 0 Å². The second-order valence-electron chi connectivity index (χ2n) is 4.11. The lowest BCUT2D eigenvalue weighted by molar-refractivity contribution is 0.111. The van der Waals surface area contributed by atoms with Crippen LogP contribution in [0.3, 0.4) is 0 Å². The second-order valence-corrected chi connectivity index (χ2v) is 4.11. The molecule has 0 heterocycles. The molecule has 2 rings (SSSR count). The van der Waals surface area contributed by atoms with Crippen LogP contribution in [0.15, 0.2) is 18.2 Å². The zero-order valence-electron chi connectivity index (χ0n) is 9.15. The lowest BCUT2D eigenvalue weighted by Gasteiger charge is -2.10. The van der Waals surface area contributed by atoms with E-state index in [9.17, 15) is 5.11 Å². The van der Waals surface area contributed by atoms with Gasteiger partial charge in [-0.05, 0) is 42.5 Å². The van der Waals surface area contributed by atoms with Crippen molar-refractivity contribution in [3.8, 4) is 11.8 Å². The third kappa shape index (κ3) is 2.53. The van der Waals surface area contributed by atoms with Gasteiger partial charge in [-0.1, -0.05) is 6.07 Å². The van der Waals surface area contributed by atoms with Crippen molar-refractivity contribution in [3.63, 3.8) is 0 Å². The number of rotatable bonds is 4. The molecule has 0 aliphatic heterocycles. The number of ether oxygens (including phenoxy) is 1. The van der Waals surface area contributed by atoms with Crippen LogP contribution in [0.1, 0.15) is 24.0 Å². The normalized spacial score (nSPS) is 15.2. The first-order valence-electron chi connectivity index (χ1n) is 5.59. The monoisotopic (exact) mass is 217 g/mol. The first-order chi connectivity index (χ1) is 7.79. The fraction of sp³-hybridized carbons (Fsp3) is 0.462. The molecule has 1 aromatic carbocycles. The van der Waals surface area contributed by atoms with E-state index in [1.54, 1.807) is 0 Å². The van der Waals surface area contributed by atoms with Gasteiger partial charge >= 0.3 is 0 Å². The maximum Gasteiger partial charge on any atom is 0.119 e. The van der Waals surface area contributed by atoms with E-state index in [0.717, 1.165) is 18.6 Å². The fourth-order valence-corrected chi connectivity index (χ4v) is 1.99. The van der Waals surface area contributed by atoms with E-state index in [4.69, 9.17) is 10.00 Å². The van der Waals surface area contributed by atoms with Gasteiger partial charge in [0.2, 0.25) is 0 Å². The Balaban J connectivity index is 1.93. The fourth-order valence-electron chi connectivity index (χ4n) is 1.99. The second kappa shape index (κ2) is 5.00. The van der Waals surface area contributed by atoms with Crippen LogP contribution in [0.5, 0.6) is 5.75 Å². The van der Waals surface area contributed by atoms with Gasteiger partial charge in [0.15, 0.2) is 0 Å². The van der Waals surface area contributed by atoms with Crippen molar-refractivity contribution in [2.24, 2.45) is 0 Å². The lowest BCUT2D eigenvalue weighted by atomic mass is 10.1. The average Bonchev–Trinajstić information content (AvgIpc) is 2.74. The summed E-state index contributed by atoms with van der Waals surface area (Å²) < 4.78 is 5.44. The molecular weight excluding hydrogens is 202 g/mol. The Kier molecular flexibility index (Phi) is 3.43. The highest BCUT2D eigenvalue weighted by Crippen LogP contribution is 2.26. The van der Waals surface area contributed by atoms with Gasteiger partial charge in [0.1, 0.15) is 18.5 Å². The van der Waals surface area contributed by atoms with Crippen LogP contribution >= 0.6 is 0 Å². The molecule has 0 bridgehead atoms. The quantitative estimate of drug-likeness (QED) is 0.837. The van der Waals surface area contributed by atoms with Crippen LogP contribution < -0.4 is 4.74 Å². The van der Waals surface area contributed by atoms with Crippen molar-refractivity contribution in [1.82, 2.24) is 0 Å². The molecule has 3 heteroatoms. The number of aliphatic hydroxyl groups excluding tert-OH is 1. The molecule has 0 fully saturated rings. The lowest BCUT2D eigenvalue weighted by Crippen LogP contribution is -2.16. The van der Waals surface area contributed by atoms with Crippen LogP contribution in [0.2, 0.25) is 0 Å². The summed E-state index contributed by atoms with van der Waals surface area (Å²) in [6.45, 7) is 0.187. The zero-order chi connectivity index (χ0) is 11.4. The Morgan fingerprint density at radius 2 is 2.19 bits per heavy atom. The minimum atomic E-state index is -0.696. The van der Waals surface area contributed by atoms with Crippen molar-refractivity contribution in [1.29, 1.82) is 5.26 Å². The number of nitriles is 1. The van der Waals surface area contributed by atoms with Crippen LogP contribution in [0, 0.1) is 11.3 Å². The summed E-state index contributed by atoms with van der Waals surface area (Å²) in [4.78, 5) is 0. The van der Waals surface area contributed by atoms with Gasteiger partial charge in [-0.2, -0.15) is 5.26 Å². The molecule has 0 saturated heterocycles. The summed E-state index contributed by atoms with van der Waals surface area (Å²) in [5.74, 6) is 0.789. The topological polar surface area (TPSA) is 53.2 Å². The molecule has 1 aliphatic carbocycles. The van der Waals surface area contributed by atoms with Gasteiger partial charge < -0.3 is 9.84 Å². The summed E-state index contributed by atoms with van der Waals surface area (Å²) >= 11 is 0. The van der Waals surface area contributed by atoms with Crippen molar-refractivity contribution in [2.75, 3.05) is 6.61 Å². The average molecular weight is 217 g/mol. The van der Waals surface area contributed by atoms with Gasteiger partial charge in [-0.25, -0.2) is 0 Å². The SMILES string of the molecule is N#CCC(O)COc1ccc2c(c1)CCC2. The smallest absolute Gasteiger partial charge is 0.119 e. The number of benzene rings is 1. The highest BCUT2D eigenvalue weighted by atomic mass is 16.5. The summed E-state index contributed by atoms with van der Waals surface area (Å²) in [6.07, 6.45) is 2.92. The Bertz CT molecular complexity index is 409. The van der Waals surface area contributed by atoms with Gasteiger partial charge in [0.25, 0.3) is 0 Å². The van der Waals surface area contributed by atoms with Gasteiger partial charge in [-0.15, -0.1) is 0 Å². The summed E-state index contributed by atoms with van der Waals surface area (Å²) in [7, 11) is 0.